The molecule has 0 unspecified atom stereocenters. The van der Waals surface area contributed by atoms with Gasteiger partial charge in [0.25, 0.3) is 0 Å². The second-order valence-corrected chi connectivity index (χ2v) is 9.98. The van der Waals surface area contributed by atoms with Gasteiger partial charge in [-0.15, -0.1) is 0 Å². The van der Waals surface area contributed by atoms with Crippen molar-refractivity contribution in [3.05, 3.63) is 59.7 Å². The van der Waals surface area contributed by atoms with Gasteiger partial charge in [-0.2, -0.15) is 0 Å². The van der Waals surface area contributed by atoms with Crippen LogP contribution in [0.5, 0.6) is 0 Å². The average molecular weight is 436 g/mol. The maximum atomic E-state index is 12.6. The Kier molecular flexibility index (Phi) is 6.54. The van der Waals surface area contributed by atoms with Crippen molar-refractivity contribution >= 4 is 12.1 Å². The van der Waals surface area contributed by atoms with Crippen molar-refractivity contribution in [1.82, 2.24) is 5.32 Å². The second kappa shape index (κ2) is 9.35. The van der Waals surface area contributed by atoms with Crippen LogP contribution in [0.15, 0.2) is 48.5 Å². The summed E-state index contributed by atoms with van der Waals surface area (Å²) in [6.45, 7) is 5.95. The lowest BCUT2D eigenvalue weighted by Gasteiger charge is -2.29. The molecule has 2 aromatic carbocycles. The Balaban J connectivity index is 1.25. The number of carbonyl (C=O) groups excluding carboxylic acids is 2. The SMILES string of the molecule is CC(C)(C)OC(=O)NC1CCC(CC(=O)OCC2c3ccccc3-c3ccccc32)CC1. The lowest BCUT2D eigenvalue weighted by atomic mass is 9.84. The normalized spacial score (nSPS) is 20.2. The van der Waals surface area contributed by atoms with Crippen LogP contribution in [0.1, 0.15) is 69.9 Å². The van der Waals surface area contributed by atoms with Gasteiger partial charge in [-0.25, -0.2) is 4.79 Å². The number of amides is 1. The second-order valence-electron chi connectivity index (χ2n) is 9.98. The molecule has 0 heterocycles. The molecule has 2 aromatic rings. The minimum absolute atomic E-state index is 0.0973. The summed E-state index contributed by atoms with van der Waals surface area (Å²) in [6.07, 6.45) is 3.61. The molecule has 32 heavy (non-hydrogen) atoms. The summed E-state index contributed by atoms with van der Waals surface area (Å²) in [7, 11) is 0. The van der Waals surface area contributed by atoms with Gasteiger partial charge in [0.15, 0.2) is 0 Å². The molecule has 4 rings (SSSR count). The van der Waals surface area contributed by atoms with Gasteiger partial charge < -0.3 is 14.8 Å². The van der Waals surface area contributed by atoms with Crippen molar-refractivity contribution < 1.29 is 19.1 Å². The van der Waals surface area contributed by atoms with Crippen molar-refractivity contribution in [2.75, 3.05) is 6.61 Å². The summed E-state index contributed by atoms with van der Waals surface area (Å²) in [4.78, 5) is 24.6. The van der Waals surface area contributed by atoms with Crippen molar-refractivity contribution in [3.8, 4) is 11.1 Å². The summed E-state index contributed by atoms with van der Waals surface area (Å²) in [5.41, 5.74) is 4.44. The lowest BCUT2D eigenvalue weighted by molar-refractivity contribution is -0.145. The van der Waals surface area contributed by atoms with Crippen LogP contribution in [0.25, 0.3) is 11.1 Å². The van der Waals surface area contributed by atoms with E-state index in [1.165, 1.54) is 22.3 Å². The van der Waals surface area contributed by atoms with Gasteiger partial charge in [0, 0.05) is 18.4 Å². The van der Waals surface area contributed by atoms with E-state index in [1.54, 1.807) is 0 Å². The van der Waals surface area contributed by atoms with Gasteiger partial charge in [-0.1, -0.05) is 48.5 Å². The Morgan fingerprint density at radius 1 is 0.906 bits per heavy atom. The highest BCUT2D eigenvalue weighted by Crippen LogP contribution is 2.44. The number of nitrogens with one attached hydrogen (secondary N) is 1. The first-order valence-corrected chi connectivity index (χ1v) is 11.6. The van der Waals surface area contributed by atoms with Gasteiger partial charge in [0.1, 0.15) is 12.2 Å². The number of esters is 1. The summed E-state index contributed by atoms with van der Waals surface area (Å²) < 4.78 is 11.1. The van der Waals surface area contributed by atoms with Crippen molar-refractivity contribution in [2.45, 2.75) is 70.4 Å². The average Bonchev–Trinajstić information content (AvgIpc) is 3.06. The molecule has 0 bridgehead atoms. The van der Waals surface area contributed by atoms with Crippen molar-refractivity contribution in [3.63, 3.8) is 0 Å². The first-order valence-electron chi connectivity index (χ1n) is 11.6. The highest BCUT2D eigenvalue weighted by atomic mass is 16.6. The third-order valence-corrected chi connectivity index (χ3v) is 6.40. The summed E-state index contributed by atoms with van der Waals surface area (Å²) >= 11 is 0. The molecule has 0 saturated heterocycles. The zero-order chi connectivity index (χ0) is 22.7. The van der Waals surface area contributed by atoms with Crippen LogP contribution in [0, 0.1) is 5.92 Å². The summed E-state index contributed by atoms with van der Waals surface area (Å²) in [5.74, 6) is 0.276. The van der Waals surface area contributed by atoms with Crippen LogP contribution in [0.2, 0.25) is 0 Å². The molecule has 2 aliphatic carbocycles. The minimum Gasteiger partial charge on any atom is -0.465 e. The molecular weight excluding hydrogens is 402 g/mol. The predicted molar refractivity (Wildman–Crippen MR) is 124 cm³/mol. The Bertz CT molecular complexity index is 924. The summed E-state index contributed by atoms with van der Waals surface area (Å²) in [6, 6.07) is 16.9. The Morgan fingerprint density at radius 2 is 1.47 bits per heavy atom. The number of alkyl carbamates (subject to hydrolysis) is 1. The lowest BCUT2D eigenvalue weighted by Crippen LogP contribution is -2.41. The molecule has 0 spiro atoms. The van der Waals surface area contributed by atoms with E-state index in [0.717, 1.165) is 25.7 Å². The zero-order valence-electron chi connectivity index (χ0n) is 19.2. The Morgan fingerprint density at radius 3 is 2.03 bits per heavy atom. The maximum Gasteiger partial charge on any atom is 0.407 e. The van der Waals surface area contributed by atoms with E-state index in [-0.39, 0.29) is 24.0 Å². The number of hydrogen-bond acceptors (Lipinski definition) is 4. The molecule has 1 saturated carbocycles. The number of carbonyl (C=O) groups is 2. The summed E-state index contributed by atoms with van der Waals surface area (Å²) in [5, 5.41) is 2.95. The number of hydrogen-bond donors (Lipinski definition) is 1. The van der Waals surface area contributed by atoms with Crippen molar-refractivity contribution in [1.29, 1.82) is 0 Å². The number of ether oxygens (including phenoxy) is 2. The molecule has 170 valence electrons. The van der Waals surface area contributed by atoms with Crippen LogP contribution in [0.4, 0.5) is 4.79 Å². The van der Waals surface area contributed by atoms with Crippen LogP contribution < -0.4 is 5.32 Å². The monoisotopic (exact) mass is 435 g/mol. The van der Waals surface area contributed by atoms with Gasteiger partial charge >= 0.3 is 12.1 Å². The van der Waals surface area contributed by atoms with Gasteiger partial charge in [-0.3, -0.25) is 4.79 Å². The first kappa shape index (κ1) is 22.4. The highest BCUT2D eigenvalue weighted by Gasteiger charge is 2.30. The van der Waals surface area contributed by atoms with E-state index in [9.17, 15) is 9.59 Å². The quantitative estimate of drug-likeness (QED) is 0.602. The highest BCUT2D eigenvalue weighted by molar-refractivity contribution is 5.79. The molecule has 0 radical (unpaired) electrons. The van der Waals surface area contributed by atoms with Crippen LogP contribution in [-0.2, 0) is 14.3 Å². The molecule has 1 N–H and O–H groups in total. The van der Waals surface area contributed by atoms with E-state index in [2.05, 4.69) is 41.7 Å². The fourth-order valence-corrected chi connectivity index (χ4v) is 4.90. The van der Waals surface area contributed by atoms with E-state index in [4.69, 9.17) is 9.47 Å². The number of rotatable bonds is 5. The minimum atomic E-state index is -0.495. The van der Waals surface area contributed by atoms with Gasteiger partial charge in [0.05, 0.1) is 0 Å². The molecule has 0 aliphatic heterocycles. The zero-order valence-corrected chi connectivity index (χ0v) is 19.2. The molecule has 5 nitrogen and oxygen atoms in total. The Hall–Kier alpha value is -2.82. The fourth-order valence-electron chi connectivity index (χ4n) is 4.90. The molecular formula is C27H33NO4. The van der Waals surface area contributed by atoms with E-state index in [1.807, 2.05) is 32.9 Å². The molecule has 1 amide bonds. The van der Waals surface area contributed by atoms with Crippen LogP contribution >= 0.6 is 0 Å². The fraction of sp³-hybridized carbons (Fsp3) is 0.481. The number of fused-ring (bicyclic) bond motifs is 3. The smallest absolute Gasteiger partial charge is 0.407 e. The topological polar surface area (TPSA) is 64.6 Å². The van der Waals surface area contributed by atoms with Crippen LogP contribution in [-0.4, -0.2) is 30.3 Å². The molecule has 2 aliphatic rings. The van der Waals surface area contributed by atoms with Gasteiger partial charge in [-0.05, 0) is 74.6 Å². The third kappa shape index (κ3) is 5.32. The van der Waals surface area contributed by atoms with E-state index >= 15 is 0 Å². The van der Waals surface area contributed by atoms with E-state index in [0.29, 0.717) is 18.9 Å². The largest absolute Gasteiger partial charge is 0.465 e. The molecule has 0 atom stereocenters. The standard InChI is InChI=1S/C27H33NO4/c1-27(2,3)32-26(30)28-19-14-12-18(13-15-19)16-25(29)31-17-24-22-10-6-4-8-20(22)21-9-5-7-11-23(21)24/h4-11,18-19,24H,12-17H2,1-3H3,(H,28,30). The predicted octanol–water partition coefficient (Wildman–Crippen LogP) is 5.82. The first-order chi connectivity index (χ1) is 15.3. The molecule has 0 aromatic heterocycles. The molecule has 5 heteroatoms. The third-order valence-electron chi connectivity index (χ3n) is 6.40. The molecule has 1 fully saturated rings. The Labute approximate surface area is 190 Å². The van der Waals surface area contributed by atoms with Crippen LogP contribution in [0.3, 0.4) is 0 Å². The maximum absolute atomic E-state index is 12.6. The van der Waals surface area contributed by atoms with E-state index < -0.39 is 5.60 Å². The van der Waals surface area contributed by atoms with Gasteiger partial charge in [0.2, 0.25) is 0 Å². The number of benzene rings is 2. The van der Waals surface area contributed by atoms with Crippen molar-refractivity contribution in [2.24, 2.45) is 5.92 Å².